The molecule has 1 aliphatic rings. The van der Waals surface area contributed by atoms with Crippen LogP contribution in [0.15, 0.2) is 72.8 Å². The van der Waals surface area contributed by atoms with Crippen LogP contribution in [0.2, 0.25) is 5.02 Å². The summed E-state index contributed by atoms with van der Waals surface area (Å²) in [6, 6.07) is 19.5. The van der Waals surface area contributed by atoms with Crippen LogP contribution in [-0.4, -0.2) is 41.1 Å². The number of esters is 1. The van der Waals surface area contributed by atoms with E-state index in [0.717, 1.165) is 11.1 Å². The highest BCUT2D eigenvalue weighted by molar-refractivity contribution is 6.30. The lowest BCUT2D eigenvalue weighted by molar-refractivity contribution is -0.384. The van der Waals surface area contributed by atoms with Crippen molar-refractivity contribution in [1.29, 1.82) is 0 Å². The largest absolute Gasteiger partial charge is 0.454 e. The highest BCUT2D eigenvalue weighted by Crippen LogP contribution is 2.30. The Morgan fingerprint density at radius 3 is 2.16 bits per heavy atom. The van der Waals surface area contributed by atoms with Gasteiger partial charge in [-0.3, -0.25) is 24.5 Å². The number of alkyl halides is 1. The van der Waals surface area contributed by atoms with Gasteiger partial charge >= 0.3 is 5.97 Å². The van der Waals surface area contributed by atoms with E-state index in [1.54, 1.807) is 60.7 Å². The molecule has 1 amide bonds. The number of nitrogens with zero attached hydrogens (tertiary/aromatic N) is 2. The van der Waals surface area contributed by atoms with Crippen LogP contribution in [0.4, 0.5) is 11.4 Å². The minimum absolute atomic E-state index is 0.00381. The number of ether oxygens (including phenoxy) is 1. The summed E-state index contributed by atoms with van der Waals surface area (Å²) in [5, 5.41) is 11.3. The standard InChI is InChI=1S/C27H22Cl2N2O6/c28-14-13-24(26(33)19-1-7-21(29)8-2-19)37-27(34)20-15-25(32)30(16-20)22-9-3-17(4-10-22)18-5-11-23(12-6-18)31(35)36/h1-12,20,24H,13-16H2/t20-,24-/m1/s1. The van der Waals surface area contributed by atoms with Crippen LogP contribution in [0.3, 0.4) is 0 Å². The molecule has 0 aromatic heterocycles. The molecule has 0 unspecified atom stereocenters. The third-order valence-electron chi connectivity index (χ3n) is 6.10. The molecule has 4 rings (SSSR count). The van der Waals surface area contributed by atoms with Gasteiger partial charge in [0.2, 0.25) is 11.7 Å². The Kier molecular flexibility index (Phi) is 8.21. The van der Waals surface area contributed by atoms with Crippen molar-refractivity contribution < 1.29 is 24.0 Å². The molecule has 1 fully saturated rings. The van der Waals surface area contributed by atoms with Crippen LogP contribution in [0, 0.1) is 16.0 Å². The molecular formula is C27H22Cl2N2O6. The Balaban J connectivity index is 1.42. The van der Waals surface area contributed by atoms with Gasteiger partial charge in [0.25, 0.3) is 5.69 Å². The zero-order chi connectivity index (χ0) is 26.5. The zero-order valence-electron chi connectivity index (χ0n) is 19.5. The molecule has 190 valence electrons. The van der Waals surface area contributed by atoms with E-state index >= 15 is 0 Å². The number of ketones is 1. The molecule has 3 aromatic rings. The first-order valence-electron chi connectivity index (χ1n) is 11.5. The maximum absolute atomic E-state index is 12.9. The fourth-order valence-electron chi connectivity index (χ4n) is 4.10. The third kappa shape index (κ3) is 6.15. The highest BCUT2D eigenvalue weighted by atomic mass is 35.5. The summed E-state index contributed by atoms with van der Waals surface area (Å²) >= 11 is 11.7. The quantitative estimate of drug-likeness (QED) is 0.113. The van der Waals surface area contributed by atoms with Crippen LogP contribution in [0.1, 0.15) is 23.2 Å². The maximum atomic E-state index is 12.9. The molecule has 0 aliphatic carbocycles. The lowest BCUT2D eigenvalue weighted by atomic mass is 10.0. The number of non-ortho nitro benzene ring substituents is 1. The van der Waals surface area contributed by atoms with Gasteiger partial charge in [0.05, 0.1) is 10.8 Å². The van der Waals surface area contributed by atoms with Gasteiger partial charge in [-0.1, -0.05) is 23.7 Å². The van der Waals surface area contributed by atoms with Gasteiger partial charge in [0.15, 0.2) is 6.10 Å². The van der Waals surface area contributed by atoms with Gasteiger partial charge in [0.1, 0.15) is 0 Å². The molecule has 1 heterocycles. The first kappa shape index (κ1) is 26.3. The van der Waals surface area contributed by atoms with Gasteiger partial charge in [-0.25, -0.2) is 0 Å². The summed E-state index contributed by atoms with van der Waals surface area (Å²) in [6.45, 7) is 0.122. The molecule has 0 N–H and O–H groups in total. The average Bonchev–Trinajstić information content (AvgIpc) is 3.30. The highest BCUT2D eigenvalue weighted by Gasteiger charge is 2.38. The van der Waals surface area contributed by atoms with E-state index in [9.17, 15) is 24.5 Å². The van der Waals surface area contributed by atoms with Crippen molar-refractivity contribution in [2.45, 2.75) is 18.9 Å². The van der Waals surface area contributed by atoms with E-state index in [-0.39, 0.29) is 42.6 Å². The summed E-state index contributed by atoms with van der Waals surface area (Å²) in [4.78, 5) is 50.3. The number of nitro benzene ring substituents is 1. The topological polar surface area (TPSA) is 107 Å². The normalized spacial score (nSPS) is 15.9. The van der Waals surface area contributed by atoms with Crippen molar-refractivity contribution in [2.75, 3.05) is 17.3 Å². The molecule has 0 radical (unpaired) electrons. The lowest BCUT2D eigenvalue weighted by Gasteiger charge is -2.19. The van der Waals surface area contributed by atoms with Crippen LogP contribution in [-0.2, 0) is 14.3 Å². The number of benzene rings is 3. The van der Waals surface area contributed by atoms with Gasteiger partial charge in [0, 0.05) is 53.7 Å². The van der Waals surface area contributed by atoms with Crippen LogP contribution in [0.25, 0.3) is 11.1 Å². The zero-order valence-corrected chi connectivity index (χ0v) is 21.0. The van der Waals surface area contributed by atoms with Crippen molar-refractivity contribution in [3.63, 3.8) is 0 Å². The van der Waals surface area contributed by atoms with Gasteiger partial charge in [-0.2, -0.15) is 0 Å². The first-order valence-corrected chi connectivity index (χ1v) is 12.4. The molecule has 1 saturated heterocycles. The van der Waals surface area contributed by atoms with Crippen LogP contribution >= 0.6 is 23.2 Å². The van der Waals surface area contributed by atoms with Crippen molar-refractivity contribution in [1.82, 2.24) is 0 Å². The Labute approximate surface area is 222 Å². The van der Waals surface area contributed by atoms with Gasteiger partial charge < -0.3 is 9.64 Å². The predicted octanol–water partition coefficient (Wildman–Crippen LogP) is 5.69. The summed E-state index contributed by atoms with van der Waals surface area (Å²) in [5.74, 6) is -1.85. The number of anilines is 1. The molecular weight excluding hydrogens is 519 g/mol. The monoisotopic (exact) mass is 540 g/mol. The fourth-order valence-corrected chi connectivity index (χ4v) is 4.43. The molecule has 8 nitrogen and oxygen atoms in total. The number of amides is 1. The van der Waals surface area contributed by atoms with E-state index in [4.69, 9.17) is 27.9 Å². The van der Waals surface area contributed by atoms with Gasteiger partial charge in [-0.05, 0) is 59.7 Å². The molecule has 3 aromatic carbocycles. The van der Waals surface area contributed by atoms with Crippen molar-refractivity contribution in [3.05, 3.63) is 93.5 Å². The number of nitro groups is 1. The molecule has 0 spiro atoms. The Bertz CT molecular complexity index is 1310. The molecule has 1 aliphatic heterocycles. The number of carbonyl (C=O) groups excluding carboxylic acids is 3. The number of hydrogen-bond acceptors (Lipinski definition) is 6. The Morgan fingerprint density at radius 2 is 1.59 bits per heavy atom. The number of carbonyl (C=O) groups is 3. The van der Waals surface area contributed by atoms with E-state index in [0.29, 0.717) is 16.3 Å². The summed E-state index contributed by atoms with van der Waals surface area (Å²) in [5.41, 5.74) is 2.59. The van der Waals surface area contributed by atoms with Crippen molar-refractivity contribution >= 4 is 52.2 Å². The summed E-state index contributed by atoms with van der Waals surface area (Å²) in [7, 11) is 0. The molecule has 0 saturated carbocycles. The van der Waals surface area contributed by atoms with Crippen molar-refractivity contribution in [3.8, 4) is 11.1 Å². The van der Waals surface area contributed by atoms with Crippen LogP contribution < -0.4 is 4.90 Å². The summed E-state index contributed by atoms with van der Waals surface area (Å²) < 4.78 is 5.52. The van der Waals surface area contributed by atoms with Crippen LogP contribution in [0.5, 0.6) is 0 Å². The predicted molar refractivity (Wildman–Crippen MR) is 140 cm³/mol. The number of halogens is 2. The van der Waals surface area contributed by atoms with Crippen molar-refractivity contribution in [2.24, 2.45) is 5.92 Å². The molecule has 10 heteroatoms. The second-order valence-electron chi connectivity index (χ2n) is 8.53. The van der Waals surface area contributed by atoms with Gasteiger partial charge in [-0.15, -0.1) is 11.6 Å². The average molecular weight is 541 g/mol. The number of rotatable bonds is 9. The first-order chi connectivity index (χ1) is 17.8. The second-order valence-corrected chi connectivity index (χ2v) is 9.34. The number of Topliss-reactive ketones (excluding diaryl/α,β-unsaturated/α-hetero) is 1. The lowest BCUT2D eigenvalue weighted by Crippen LogP contribution is -2.32. The molecule has 0 bridgehead atoms. The van der Waals surface area contributed by atoms with E-state index in [1.165, 1.54) is 17.0 Å². The fraction of sp³-hybridized carbons (Fsp3) is 0.222. The maximum Gasteiger partial charge on any atom is 0.312 e. The minimum Gasteiger partial charge on any atom is -0.454 e. The third-order valence-corrected chi connectivity index (χ3v) is 6.57. The molecule has 37 heavy (non-hydrogen) atoms. The summed E-state index contributed by atoms with van der Waals surface area (Å²) in [6.07, 6.45) is -0.953. The minimum atomic E-state index is -1.06. The Morgan fingerprint density at radius 1 is 1.00 bits per heavy atom. The Hall–Kier alpha value is -3.75. The smallest absolute Gasteiger partial charge is 0.312 e. The van der Waals surface area contributed by atoms with E-state index < -0.39 is 22.9 Å². The van der Waals surface area contributed by atoms with E-state index in [1.807, 2.05) is 0 Å². The van der Waals surface area contributed by atoms with E-state index in [2.05, 4.69) is 0 Å². The molecule has 2 atom stereocenters. The SMILES string of the molecule is O=C(O[C@H](CCCl)C(=O)c1ccc(Cl)cc1)[C@@H]1CC(=O)N(c2ccc(-c3ccc([N+](=O)[O-])cc3)cc2)C1. The second kappa shape index (κ2) is 11.5. The number of hydrogen-bond donors (Lipinski definition) is 0.